The van der Waals surface area contributed by atoms with E-state index in [2.05, 4.69) is 9.97 Å². The SMILES string of the molecule is CCS(=O)(=O)N(C)c1cnc(Cl)cn1. The van der Waals surface area contributed by atoms with Gasteiger partial charge in [-0.1, -0.05) is 11.6 Å². The Balaban J connectivity index is 3.01. The summed E-state index contributed by atoms with van der Waals surface area (Å²) in [5.41, 5.74) is 0. The maximum Gasteiger partial charge on any atom is 0.235 e. The number of nitrogens with zero attached hydrogens (tertiary/aromatic N) is 3. The molecule has 1 heterocycles. The molecule has 0 aromatic carbocycles. The highest BCUT2D eigenvalue weighted by Crippen LogP contribution is 2.12. The molecule has 7 heteroatoms. The van der Waals surface area contributed by atoms with Crippen LogP contribution in [0.5, 0.6) is 0 Å². The number of rotatable bonds is 3. The number of hydrogen-bond acceptors (Lipinski definition) is 4. The average molecular weight is 236 g/mol. The number of hydrogen-bond donors (Lipinski definition) is 0. The second-order valence-corrected chi connectivity index (χ2v) is 5.24. The molecule has 0 bridgehead atoms. The highest BCUT2D eigenvalue weighted by molar-refractivity contribution is 7.92. The second kappa shape index (κ2) is 4.10. The van der Waals surface area contributed by atoms with Crippen molar-refractivity contribution in [2.75, 3.05) is 17.1 Å². The van der Waals surface area contributed by atoms with Gasteiger partial charge in [0.15, 0.2) is 5.82 Å². The fraction of sp³-hybridized carbons (Fsp3) is 0.429. The van der Waals surface area contributed by atoms with Gasteiger partial charge in [0.1, 0.15) is 5.15 Å². The molecule has 0 N–H and O–H groups in total. The van der Waals surface area contributed by atoms with Crippen molar-refractivity contribution in [2.45, 2.75) is 6.92 Å². The van der Waals surface area contributed by atoms with E-state index in [1.807, 2.05) is 0 Å². The van der Waals surface area contributed by atoms with Crippen molar-refractivity contribution in [3.05, 3.63) is 17.5 Å². The first kappa shape index (κ1) is 11.2. The molecule has 0 amide bonds. The molecule has 1 aromatic rings. The Labute approximate surface area is 87.8 Å². The summed E-state index contributed by atoms with van der Waals surface area (Å²) in [7, 11) is -1.85. The first-order valence-corrected chi connectivity index (χ1v) is 5.90. The van der Waals surface area contributed by atoms with Crippen molar-refractivity contribution in [3.63, 3.8) is 0 Å². The largest absolute Gasteiger partial charge is 0.256 e. The first-order chi connectivity index (χ1) is 6.47. The summed E-state index contributed by atoms with van der Waals surface area (Å²) < 4.78 is 23.9. The maximum atomic E-state index is 11.4. The molecule has 0 saturated heterocycles. The quantitative estimate of drug-likeness (QED) is 0.782. The summed E-state index contributed by atoms with van der Waals surface area (Å²) >= 11 is 5.52. The summed E-state index contributed by atoms with van der Waals surface area (Å²) in [6, 6.07) is 0. The molecule has 14 heavy (non-hydrogen) atoms. The molecule has 1 rings (SSSR count). The lowest BCUT2D eigenvalue weighted by atomic mass is 10.7. The smallest absolute Gasteiger partial charge is 0.235 e. The van der Waals surface area contributed by atoms with Gasteiger partial charge in [-0.05, 0) is 6.92 Å². The van der Waals surface area contributed by atoms with Crippen LogP contribution in [0.2, 0.25) is 5.15 Å². The summed E-state index contributed by atoms with van der Waals surface area (Å²) in [6.45, 7) is 1.56. The van der Waals surface area contributed by atoms with E-state index in [0.717, 1.165) is 4.31 Å². The number of halogens is 1. The zero-order valence-corrected chi connectivity index (χ0v) is 9.38. The van der Waals surface area contributed by atoms with E-state index in [4.69, 9.17) is 11.6 Å². The Morgan fingerprint density at radius 3 is 2.50 bits per heavy atom. The summed E-state index contributed by atoms with van der Waals surface area (Å²) in [5, 5.41) is 0.232. The lowest BCUT2D eigenvalue weighted by molar-refractivity contribution is 0.595. The third-order valence-electron chi connectivity index (χ3n) is 1.71. The van der Waals surface area contributed by atoms with Gasteiger partial charge in [-0.25, -0.2) is 18.4 Å². The molecule has 0 saturated carbocycles. The van der Waals surface area contributed by atoms with Gasteiger partial charge in [0.2, 0.25) is 10.0 Å². The molecular formula is C7H10ClN3O2S. The van der Waals surface area contributed by atoms with Crippen molar-refractivity contribution < 1.29 is 8.42 Å². The highest BCUT2D eigenvalue weighted by atomic mass is 35.5. The van der Waals surface area contributed by atoms with Crippen LogP contribution in [0, 0.1) is 0 Å². The lowest BCUT2D eigenvalue weighted by Crippen LogP contribution is -2.28. The highest BCUT2D eigenvalue weighted by Gasteiger charge is 2.16. The van der Waals surface area contributed by atoms with Crippen molar-refractivity contribution in [2.24, 2.45) is 0 Å². The third-order valence-corrected chi connectivity index (χ3v) is 3.66. The Morgan fingerprint density at radius 2 is 2.07 bits per heavy atom. The molecule has 0 aliphatic rings. The number of aromatic nitrogens is 2. The van der Waals surface area contributed by atoms with Crippen LogP contribution in [0.1, 0.15) is 6.92 Å². The Hall–Kier alpha value is -0.880. The number of sulfonamides is 1. The molecule has 0 aliphatic heterocycles. The average Bonchev–Trinajstić information content (AvgIpc) is 2.18. The normalized spacial score (nSPS) is 11.4. The molecule has 0 unspecified atom stereocenters. The molecular weight excluding hydrogens is 226 g/mol. The van der Waals surface area contributed by atoms with Crippen molar-refractivity contribution in [3.8, 4) is 0 Å². The fourth-order valence-corrected chi connectivity index (χ4v) is 1.67. The van der Waals surface area contributed by atoms with E-state index in [-0.39, 0.29) is 16.7 Å². The third kappa shape index (κ3) is 2.33. The van der Waals surface area contributed by atoms with E-state index in [0.29, 0.717) is 0 Å². The monoisotopic (exact) mass is 235 g/mol. The molecule has 0 spiro atoms. The van der Waals surface area contributed by atoms with Crippen molar-refractivity contribution >= 4 is 27.4 Å². The van der Waals surface area contributed by atoms with Crippen LogP contribution in [0.15, 0.2) is 12.4 Å². The molecule has 0 aliphatic carbocycles. The van der Waals surface area contributed by atoms with Gasteiger partial charge in [-0.3, -0.25) is 4.31 Å². The van der Waals surface area contributed by atoms with Crippen LogP contribution < -0.4 is 4.31 Å². The Kier molecular flexibility index (Phi) is 3.28. The minimum absolute atomic E-state index is 0.0216. The molecule has 1 aromatic heterocycles. The Bertz CT molecular complexity index is 403. The van der Waals surface area contributed by atoms with Crippen LogP contribution in [-0.4, -0.2) is 31.2 Å². The molecule has 0 atom stereocenters. The van der Waals surface area contributed by atoms with Gasteiger partial charge in [-0.2, -0.15) is 0 Å². The minimum Gasteiger partial charge on any atom is -0.256 e. The standard InChI is InChI=1S/C7H10ClN3O2S/c1-3-14(12,13)11(2)7-5-9-6(8)4-10-7/h4-5H,3H2,1-2H3. The van der Waals surface area contributed by atoms with Crippen molar-refractivity contribution in [1.29, 1.82) is 0 Å². The predicted octanol–water partition coefficient (Wildman–Crippen LogP) is 0.916. The fourth-order valence-electron chi connectivity index (χ4n) is 0.804. The second-order valence-electron chi connectivity index (χ2n) is 2.57. The van der Waals surface area contributed by atoms with Crippen LogP contribution in [0.25, 0.3) is 0 Å². The topological polar surface area (TPSA) is 63.2 Å². The van der Waals surface area contributed by atoms with Gasteiger partial charge in [0, 0.05) is 7.05 Å². The molecule has 0 fully saturated rings. The van der Waals surface area contributed by atoms with Crippen molar-refractivity contribution in [1.82, 2.24) is 9.97 Å². The van der Waals surface area contributed by atoms with Gasteiger partial charge in [0.05, 0.1) is 18.1 Å². The van der Waals surface area contributed by atoms with E-state index in [9.17, 15) is 8.42 Å². The minimum atomic E-state index is -3.28. The van der Waals surface area contributed by atoms with Gasteiger partial charge < -0.3 is 0 Å². The predicted molar refractivity (Wildman–Crippen MR) is 54.9 cm³/mol. The van der Waals surface area contributed by atoms with E-state index in [1.54, 1.807) is 6.92 Å². The van der Waals surface area contributed by atoms with E-state index >= 15 is 0 Å². The summed E-state index contributed by atoms with van der Waals surface area (Å²) in [5.74, 6) is 0.282. The maximum absolute atomic E-state index is 11.4. The summed E-state index contributed by atoms with van der Waals surface area (Å²) in [4.78, 5) is 7.59. The Morgan fingerprint density at radius 1 is 1.43 bits per heavy atom. The van der Waals surface area contributed by atoms with Gasteiger partial charge >= 0.3 is 0 Å². The van der Waals surface area contributed by atoms with Gasteiger partial charge in [0.25, 0.3) is 0 Å². The lowest BCUT2D eigenvalue weighted by Gasteiger charge is -2.16. The van der Waals surface area contributed by atoms with E-state index < -0.39 is 10.0 Å². The number of anilines is 1. The summed E-state index contributed by atoms with van der Waals surface area (Å²) in [6.07, 6.45) is 2.62. The molecule has 78 valence electrons. The van der Waals surface area contributed by atoms with Crippen LogP contribution >= 0.6 is 11.6 Å². The first-order valence-electron chi connectivity index (χ1n) is 3.91. The molecule has 0 radical (unpaired) electrons. The van der Waals surface area contributed by atoms with Crippen LogP contribution in [0.4, 0.5) is 5.82 Å². The zero-order chi connectivity index (χ0) is 10.8. The van der Waals surface area contributed by atoms with Crippen LogP contribution in [0.3, 0.4) is 0 Å². The molecule has 5 nitrogen and oxygen atoms in total. The van der Waals surface area contributed by atoms with E-state index in [1.165, 1.54) is 19.4 Å². The van der Waals surface area contributed by atoms with Crippen LogP contribution in [-0.2, 0) is 10.0 Å². The van der Waals surface area contributed by atoms with Gasteiger partial charge in [-0.15, -0.1) is 0 Å². The zero-order valence-electron chi connectivity index (χ0n) is 7.81.